The molecule has 0 aliphatic carbocycles. The lowest BCUT2D eigenvalue weighted by atomic mass is 10.1. The van der Waals surface area contributed by atoms with Crippen molar-refractivity contribution in [1.82, 2.24) is 15.5 Å². The minimum atomic E-state index is -0.783. The molecule has 1 aliphatic rings. The van der Waals surface area contributed by atoms with Gasteiger partial charge in [0.1, 0.15) is 11.6 Å². The van der Waals surface area contributed by atoms with Crippen molar-refractivity contribution in [2.75, 3.05) is 20.7 Å². The molecule has 19 heavy (non-hydrogen) atoms. The van der Waals surface area contributed by atoms with Gasteiger partial charge in [-0.05, 0) is 13.3 Å². The van der Waals surface area contributed by atoms with Gasteiger partial charge < -0.3 is 20.6 Å². The molecule has 7 nitrogen and oxygen atoms in total. The zero-order chi connectivity index (χ0) is 14.6. The number of carbonyl (C=O) groups excluding carboxylic acids is 3. The zero-order valence-electron chi connectivity index (χ0n) is 11.5. The summed E-state index contributed by atoms with van der Waals surface area (Å²) in [5, 5.41) is 13.9. The Balaban J connectivity index is 2.74. The molecule has 0 aromatic carbocycles. The van der Waals surface area contributed by atoms with E-state index in [0.29, 0.717) is 6.42 Å². The van der Waals surface area contributed by atoms with Crippen LogP contribution >= 0.6 is 0 Å². The first-order valence-corrected chi connectivity index (χ1v) is 6.29. The van der Waals surface area contributed by atoms with Crippen LogP contribution in [-0.2, 0) is 14.4 Å². The maximum absolute atomic E-state index is 11.8. The van der Waals surface area contributed by atoms with Crippen LogP contribution in [0.3, 0.4) is 0 Å². The molecule has 0 bridgehead atoms. The minimum absolute atomic E-state index is 0.116. The zero-order valence-corrected chi connectivity index (χ0v) is 11.5. The minimum Gasteiger partial charge on any atom is -0.396 e. The van der Waals surface area contributed by atoms with E-state index in [1.165, 1.54) is 19.0 Å². The summed E-state index contributed by atoms with van der Waals surface area (Å²) in [7, 11) is 3.02. The van der Waals surface area contributed by atoms with Crippen LogP contribution in [0, 0.1) is 0 Å². The predicted octanol–water partition coefficient (Wildman–Crippen LogP) is -1.39. The molecule has 0 spiro atoms. The van der Waals surface area contributed by atoms with E-state index in [0.717, 1.165) is 0 Å². The third-order valence-electron chi connectivity index (χ3n) is 3.54. The lowest BCUT2D eigenvalue weighted by Crippen LogP contribution is -2.41. The number of likely N-dealkylation sites (N-methyl/N-ethyl adjacent to an activating group) is 1. The Morgan fingerprint density at radius 1 is 1.37 bits per heavy atom. The summed E-state index contributed by atoms with van der Waals surface area (Å²) < 4.78 is 0. The Hall–Kier alpha value is -1.63. The van der Waals surface area contributed by atoms with Crippen molar-refractivity contribution in [2.24, 2.45) is 0 Å². The lowest BCUT2D eigenvalue weighted by molar-refractivity contribution is -0.128. The lowest BCUT2D eigenvalue weighted by Gasteiger charge is -2.19. The molecule has 3 amide bonds. The molecule has 108 valence electrons. The van der Waals surface area contributed by atoms with Gasteiger partial charge in [0.15, 0.2) is 0 Å². The van der Waals surface area contributed by atoms with Gasteiger partial charge >= 0.3 is 0 Å². The van der Waals surface area contributed by atoms with Crippen LogP contribution in [0.5, 0.6) is 0 Å². The summed E-state index contributed by atoms with van der Waals surface area (Å²) in [6, 6.07) is -0.661. The normalized spacial score (nSPS) is 22.9. The molecule has 0 radical (unpaired) electrons. The summed E-state index contributed by atoms with van der Waals surface area (Å²) in [6.07, 6.45) is 0.735. The van der Waals surface area contributed by atoms with Crippen molar-refractivity contribution in [3.05, 3.63) is 0 Å². The number of amides is 3. The molecule has 0 saturated carbocycles. The molecule has 2 unspecified atom stereocenters. The van der Waals surface area contributed by atoms with Crippen LogP contribution in [-0.4, -0.2) is 60.0 Å². The van der Waals surface area contributed by atoms with E-state index in [2.05, 4.69) is 10.6 Å². The Labute approximate surface area is 112 Å². The van der Waals surface area contributed by atoms with Crippen molar-refractivity contribution in [1.29, 1.82) is 0 Å². The van der Waals surface area contributed by atoms with Crippen molar-refractivity contribution in [3.63, 3.8) is 0 Å². The number of nitrogens with zero attached hydrogens (tertiary/aromatic N) is 1. The van der Waals surface area contributed by atoms with Gasteiger partial charge in [-0.25, -0.2) is 0 Å². The van der Waals surface area contributed by atoms with Crippen LogP contribution in [0.15, 0.2) is 0 Å². The van der Waals surface area contributed by atoms with Gasteiger partial charge in [-0.1, -0.05) is 0 Å². The van der Waals surface area contributed by atoms with E-state index in [-0.39, 0.29) is 37.2 Å². The quantitative estimate of drug-likeness (QED) is 0.496. The number of nitrogens with one attached hydrogen (secondary N) is 2. The Kier molecular flexibility index (Phi) is 4.88. The topological polar surface area (TPSA) is 98.5 Å². The van der Waals surface area contributed by atoms with Crippen LogP contribution in [0.4, 0.5) is 0 Å². The fourth-order valence-electron chi connectivity index (χ4n) is 2.23. The molecule has 3 N–H and O–H groups in total. The molecule has 1 aliphatic heterocycles. The van der Waals surface area contributed by atoms with Gasteiger partial charge in [-0.15, -0.1) is 0 Å². The third kappa shape index (κ3) is 3.04. The molecule has 1 rings (SSSR count). The Morgan fingerprint density at radius 3 is 2.47 bits per heavy atom. The van der Waals surface area contributed by atoms with Gasteiger partial charge in [0.25, 0.3) is 0 Å². The van der Waals surface area contributed by atoms with Crippen molar-refractivity contribution < 1.29 is 19.5 Å². The Bertz CT molecular complexity index is 385. The smallest absolute Gasteiger partial charge is 0.249 e. The summed E-state index contributed by atoms with van der Waals surface area (Å²) >= 11 is 0. The largest absolute Gasteiger partial charge is 0.396 e. The third-order valence-corrected chi connectivity index (χ3v) is 3.54. The van der Waals surface area contributed by atoms with Gasteiger partial charge in [-0.2, -0.15) is 0 Å². The highest BCUT2D eigenvalue weighted by Crippen LogP contribution is 2.40. The second kappa shape index (κ2) is 6.01. The standard InChI is InChI=1S/C12H21N3O4/c1-12(6-7-16)11(19)15(12)8(10(18)14-3)4-5-9(17)13-2/h8,16H,4-7H2,1-3H3,(H,13,17)(H,14,18). The first kappa shape index (κ1) is 15.4. The molecule has 0 aromatic heterocycles. The average Bonchev–Trinajstić information content (AvgIpc) is 2.91. The second-order valence-corrected chi connectivity index (χ2v) is 4.76. The SMILES string of the molecule is CNC(=O)CCC(C(=O)NC)N1C(=O)C1(C)CCO. The van der Waals surface area contributed by atoms with Crippen molar-refractivity contribution in [2.45, 2.75) is 37.8 Å². The van der Waals surface area contributed by atoms with Crippen LogP contribution in [0.2, 0.25) is 0 Å². The average molecular weight is 271 g/mol. The van der Waals surface area contributed by atoms with Crippen LogP contribution in [0.1, 0.15) is 26.2 Å². The maximum atomic E-state index is 11.8. The number of hydrogen-bond donors (Lipinski definition) is 3. The van der Waals surface area contributed by atoms with Gasteiger partial charge in [0.05, 0.1) is 0 Å². The highest BCUT2D eigenvalue weighted by molar-refractivity contribution is 6.05. The summed E-state index contributed by atoms with van der Waals surface area (Å²) in [5.41, 5.74) is -0.783. The van der Waals surface area contributed by atoms with Crippen molar-refractivity contribution >= 4 is 17.7 Å². The first-order chi connectivity index (χ1) is 8.92. The molecule has 7 heteroatoms. The maximum Gasteiger partial charge on any atom is 0.249 e. The summed E-state index contributed by atoms with van der Waals surface area (Å²) in [5.74, 6) is -0.627. The molecule has 1 heterocycles. The van der Waals surface area contributed by atoms with E-state index < -0.39 is 11.6 Å². The molecular weight excluding hydrogens is 250 g/mol. The van der Waals surface area contributed by atoms with Gasteiger partial charge in [0, 0.05) is 33.5 Å². The molecule has 1 fully saturated rings. The van der Waals surface area contributed by atoms with E-state index in [4.69, 9.17) is 5.11 Å². The Morgan fingerprint density at radius 2 is 2.00 bits per heavy atom. The molecule has 2 atom stereocenters. The number of hydrogen-bond acceptors (Lipinski definition) is 4. The van der Waals surface area contributed by atoms with E-state index in [9.17, 15) is 14.4 Å². The van der Waals surface area contributed by atoms with Crippen LogP contribution < -0.4 is 10.6 Å². The summed E-state index contributed by atoms with van der Waals surface area (Å²) in [4.78, 5) is 36.4. The highest BCUT2D eigenvalue weighted by Gasteiger charge is 2.62. The number of carbonyl (C=O) groups is 3. The monoisotopic (exact) mass is 271 g/mol. The fourth-order valence-corrected chi connectivity index (χ4v) is 2.23. The van der Waals surface area contributed by atoms with E-state index in [1.54, 1.807) is 6.92 Å². The number of rotatable bonds is 7. The first-order valence-electron chi connectivity index (χ1n) is 6.29. The summed E-state index contributed by atoms with van der Waals surface area (Å²) in [6.45, 7) is 1.58. The van der Waals surface area contributed by atoms with Crippen molar-refractivity contribution in [3.8, 4) is 0 Å². The highest BCUT2D eigenvalue weighted by atomic mass is 16.3. The molecule has 0 aromatic rings. The van der Waals surface area contributed by atoms with Crippen LogP contribution in [0.25, 0.3) is 0 Å². The molecular formula is C12H21N3O4. The van der Waals surface area contributed by atoms with Gasteiger partial charge in [-0.3, -0.25) is 14.4 Å². The number of aliphatic hydroxyl groups excluding tert-OH is 1. The number of aliphatic hydroxyl groups is 1. The second-order valence-electron chi connectivity index (χ2n) is 4.76. The molecule has 1 saturated heterocycles. The van der Waals surface area contributed by atoms with Gasteiger partial charge in [0.2, 0.25) is 17.7 Å². The van der Waals surface area contributed by atoms with E-state index in [1.807, 2.05) is 0 Å². The van der Waals surface area contributed by atoms with E-state index >= 15 is 0 Å². The predicted molar refractivity (Wildman–Crippen MR) is 68.1 cm³/mol. The fraction of sp³-hybridized carbons (Fsp3) is 0.750.